The maximum atomic E-state index is 13.9. The molecule has 0 radical (unpaired) electrons. The fourth-order valence-electron chi connectivity index (χ4n) is 1.75. The molecule has 102 valence electrons. The fraction of sp³-hybridized carbons (Fsp3) is 0.133. The molecule has 2 nitrogen and oxygen atoms in total. The van der Waals surface area contributed by atoms with Crippen molar-refractivity contribution >= 4 is 23.2 Å². The monoisotopic (exact) mass is 309 g/mol. The van der Waals surface area contributed by atoms with Crippen LogP contribution in [0.4, 0.5) is 4.39 Å². The van der Waals surface area contributed by atoms with Crippen molar-refractivity contribution in [2.75, 3.05) is 0 Å². The van der Waals surface area contributed by atoms with Gasteiger partial charge in [0.05, 0.1) is 16.5 Å². The minimum Gasteiger partial charge on any atom is -0.487 e. The summed E-state index contributed by atoms with van der Waals surface area (Å²) in [7, 11) is 0. The zero-order valence-electron chi connectivity index (χ0n) is 10.4. The van der Waals surface area contributed by atoms with Crippen LogP contribution in [0.1, 0.15) is 16.7 Å². The topological polar surface area (TPSA) is 33.0 Å². The Morgan fingerprint density at radius 3 is 2.55 bits per heavy atom. The van der Waals surface area contributed by atoms with Gasteiger partial charge in [0, 0.05) is 11.1 Å². The molecule has 0 amide bonds. The van der Waals surface area contributed by atoms with E-state index in [-0.39, 0.29) is 18.1 Å². The Bertz CT molecular complexity index is 667. The van der Waals surface area contributed by atoms with E-state index in [1.54, 1.807) is 36.4 Å². The normalized spacial score (nSPS) is 10.1. The van der Waals surface area contributed by atoms with Crippen molar-refractivity contribution in [3.8, 4) is 11.8 Å². The summed E-state index contributed by atoms with van der Waals surface area (Å²) in [6, 6.07) is 11.6. The number of rotatable bonds is 4. The van der Waals surface area contributed by atoms with Crippen LogP contribution < -0.4 is 4.74 Å². The maximum absolute atomic E-state index is 13.9. The van der Waals surface area contributed by atoms with Crippen LogP contribution in [-0.2, 0) is 12.5 Å². The van der Waals surface area contributed by atoms with E-state index in [2.05, 4.69) is 0 Å². The number of halogens is 3. The Kier molecular flexibility index (Phi) is 4.84. The first-order valence-electron chi connectivity index (χ1n) is 5.81. The Morgan fingerprint density at radius 1 is 1.15 bits per heavy atom. The van der Waals surface area contributed by atoms with Gasteiger partial charge >= 0.3 is 0 Å². The average Bonchev–Trinajstić information content (AvgIpc) is 2.47. The molecule has 0 aliphatic rings. The maximum Gasteiger partial charge on any atom is 0.147 e. The molecule has 0 saturated heterocycles. The number of hydrogen-bond donors (Lipinski definition) is 0. The molecular weight excluding hydrogens is 300 g/mol. The number of nitriles is 1. The second-order valence-electron chi connectivity index (χ2n) is 4.04. The van der Waals surface area contributed by atoms with Crippen LogP contribution >= 0.6 is 23.2 Å². The summed E-state index contributed by atoms with van der Waals surface area (Å²) >= 11 is 11.9. The molecule has 0 unspecified atom stereocenters. The second kappa shape index (κ2) is 6.60. The lowest BCUT2D eigenvalue weighted by atomic mass is 10.1. The summed E-state index contributed by atoms with van der Waals surface area (Å²) in [6.45, 7) is -0.0189. The quantitative estimate of drug-likeness (QED) is 0.769. The number of nitrogens with zero attached hydrogens (tertiary/aromatic N) is 1. The van der Waals surface area contributed by atoms with Crippen molar-refractivity contribution in [1.82, 2.24) is 0 Å². The molecule has 0 saturated carbocycles. The SMILES string of the molecule is N#Cc1cccc(COc2c(Cl)cccc2CCl)c1F. The van der Waals surface area contributed by atoms with E-state index in [1.165, 1.54) is 6.07 Å². The van der Waals surface area contributed by atoms with Gasteiger partial charge in [-0.3, -0.25) is 0 Å². The van der Waals surface area contributed by atoms with E-state index < -0.39 is 5.82 Å². The minimum atomic E-state index is -0.575. The van der Waals surface area contributed by atoms with Crippen LogP contribution in [0.15, 0.2) is 36.4 Å². The third-order valence-corrected chi connectivity index (χ3v) is 3.35. The van der Waals surface area contributed by atoms with Gasteiger partial charge in [-0.2, -0.15) is 5.26 Å². The predicted molar refractivity (Wildman–Crippen MR) is 76.5 cm³/mol. The van der Waals surface area contributed by atoms with Gasteiger partial charge in [-0.1, -0.05) is 35.9 Å². The minimum absolute atomic E-state index is 0.0113. The molecule has 0 aliphatic heterocycles. The summed E-state index contributed by atoms with van der Waals surface area (Å²) in [5.41, 5.74) is 1.02. The van der Waals surface area contributed by atoms with Gasteiger partial charge in [0.25, 0.3) is 0 Å². The van der Waals surface area contributed by atoms with Crippen molar-refractivity contribution in [3.63, 3.8) is 0 Å². The van der Waals surface area contributed by atoms with Crippen LogP contribution in [0.2, 0.25) is 5.02 Å². The first-order chi connectivity index (χ1) is 9.67. The van der Waals surface area contributed by atoms with Crippen LogP contribution in [0.5, 0.6) is 5.75 Å². The highest BCUT2D eigenvalue weighted by Gasteiger charge is 2.11. The Morgan fingerprint density at radius 2 is 1.85 bits per heavy atom. The molecule has 2 rings (SSSR count). The third kappa shape index (κ3) is 3.04. The van der Waals surface area contributed by atoms with Gasteiger partial charge in [0.2, 0.25) is 0 Å². The highest BCUT2D eigenvalue weighted by atomic mass is 35.5. The zero-order valence-corrected chi connectivity index (χ0v) is 11.9. The molecular formula is C15H10Cl2FNO. The van der Waals surface area contributed by atoms with Gasteiger partial charge in [0.15, 0.2) is 0 Å². The molecule has 5 heteroatoms. The zero-order chi connectivity index (χ0) is 14.5. The fourth-order valence-corrected chi connectivity index (χ4v) is 2.21. The van der Waals surface area contributed by atoms with Crippen molar-refractivity contribution in [3.05, 3.63) is 63.9 Å². The number of para-hydroxylation sites is 1. The first kappa shape index (κ1) is 14.6. The molecule has 0 heterocycles. The van der Waals surface area contributed by atoms with Gasteiger partial charge in [-0.05, 0) is 12.1 Å². The first-order valence-corrected chi connectivity index (χ1v) is 6.72. The number of alkyl halides is 1. The molecule has 0 aromatic heterocycles. The standard InChI is InChI=1S/C15H10Cl2FNO/c16-7-10-3-2-6-13(17)15(10)20-9-12-5-1-4-11(8-19)14(12)18/h1-6H,7,9H2. The molecule has 2 aromatic rings. The Hall–Kier alpha value is -1.76. The Balaban J connectivity index is 2.24. The summed E-state index contributed by atoms with van der Waals surface area (Å²) < 4.78 is 19.5. The van der Waals surface area contributed by atoms with Gasteiger partial charge in [0.1, 0.15) is 24.2 Å². The second-order valence-corrected chi connectivity index (χ2v) is 4.72. The highest BCUT2D eigenvalue weighted by Crippen LogP contribution is 2.30. The van der Waals surface area contributed by atoms with Gasteiger partial charge in [-0.25, -0.2) is 4.39 Å². The van der Waals surface area contributed by atoms with E-state index in [0.717, 1.165) is 5.56 Å². The lowest BCUT2D eigenvalue weighted by Crippen LogP contribution is -2.02. The summed E-state index contributed by atoms with van der Waals surface area (Å²) in [6.07, 6.45) is 0. The molecule has 0 spiro atoms. The third-order valence-electron chi connectivity index (χ3n) is 2.76. The molecule has 0 N–H and O–H groups in total. The largest absolute Gasteiger partial charge is 0.487 e. The lowest BCUT2D eigenvalue weighted by Gasteiger charge is -2.12. The van der Waals surface area contributed by atoms with E-state index in [9.17, 15) is 4.39 Å². The van der Waals surface area contributed by atoms with Crippen molar-refractivity contribution in [1.29, 1.82) is 5.26 Å². The molecule has 0 fully saturated rings. The van der Waals surface area contributed by atoms with Crippen LogP contribution in [-0.4, -0.2) is 0 Å². The van der Waals surface area contributed by atoms with E-state index >= 15 is 0 Å². The summed E-state index contributed by atoms with van der Waals surface area (Å²) in [4.78, 5) is 0. The lowest BCUT2D eigenvalue weighted by molar-refractivity contribution is 0.297. The van der Waals surface area contributed by atoms with Crippen molar-refractivity contribution in [2.24, 2.45) is 0 Å². The predicted octanol–water partition coefficient (Wildman–Crippen LogP) is 4.67. The van der Waals surface area contributed by atoms with E-state index in [4.69, 9.17) is 33.2 Å². The number of benzene rings is 2. The molecule has 0 bridgehead atoms. The van der Waals surface area contributed by atoms with Crippen LogP contribution in [0, 0.1) is 17.1 Å². The smallest absolute Gasteiger partial charge is 0.147 e. The van der Waals surface area contributed by atoms with Gasteiger partial charge in [-0.15, -0.1) is 11.6 Å². The molecule has 0 aliphatic carbocycles. The van der Waals surface area contributed by atoms with Crippen LogP contribution in [0.25, 0.3) is 0 Å². The van der Waals surface area contributed by atoms with E-state index in [0.29, 0.717) is 16.3 Å². The number of ether oxygens (including phenoxy) is 1. The Labute approximate surface area is 126 Å². The molecule has 2 aromatic carbocycles. The molecule has 0 atom stereocenters. The average molecular weight is 310 g/mol. The summed E-state index contributed by atoms with van der Waals surface area (Å²) in [5.74, 6) is 0.108. The summed E-state index contributed by atoms with van der Waals surface area (Å²) in [5, 5.41) is 9.20. The van der Waals surface area contributed by atoms with Crippen molar-refractivity contribution < 1.29 is 9.13 Å². The highest BCUT2D eigenvalue weighted by molar-refractivity contribution is 6.32. The number of hydrogen-bond acceptors (Lipinski definition) is 2. The van der Waals surface area contributed by atoms with E-state index in [1.807, 2.05) is 0 Å². The van der Waals surface area contributed by atoms with Crippen LogP contribution in [0.3, 0.4) is 0 Å². The van der Waals surface area contributed by atoms with Gasteiger partial charge < -0.3 is 4.74 Å². The van der Waals surface area contributed by atoms with Crippen molar-refractivity contribution in [2.45, 2.75) is 12.5 Å². The molecule has 20 heavy (non-hydrogen) atoms.